The van der Waals surface area contributed by atoms with Crippen LogP contribution in [0.3, 0.4) is 0 Å². The molecule has 0 saturated carbocycles. The quantitative estimate of drug-likeness (QED) is 0.737. The maximum atomic E-state index is 12.8. The molecule has 136 valence electrons. The Morgan fingerprint density at radius 1 is 1.16 bits per heavy atom. The van der Waals surface area contributed by atoms with Crippen molar-refractivity contribution < 1.29 is 13.2 Å². The van der Waals surface area contributed by atoms with Crippen molar-refractivity contribution in [1.82, 2.24) is 9.21 Å². The summed E-state index contributed by atoms with van der Waals surface area (Å²) in [6.07, 6.45) is 0. The number of nitrogens with zero attached hydrogens (tertiary/aromatic N) is 2. The van der Waals surface area contributed by atoms with E-state index in [1.807, 2.05) is 24.4 Å². The van der Waals surface area contributed by atoms with Crippen LogP contribution in [-0.4, -0.2) is 43.7 Å². The van der Waals surface area contributed by atoms with E-state index >= 15 is 0 Å². The molecule has 25 heavy (non-hydrogen) atoms. The van der Waals surface area contributed by atoms with E-state index in [4.69, 9.17) is 0 Å². The Hall–Kier alpha value is -1.70. The van der Waals surface area contributed by atoms with E-state index in [2.05, 4.69) is 0 Å². The van der Waals surface area contributed by atoms with Gasteiger partial charge in [-0.1, -0.05) is 26.0 Å². The van der Waals surface area contributed by atoms with Gasteiger partial charge in [0.05, 0.1) is 10.9 Å². The Labute approximate surface area is 153 Å². The Morgan fingerprint density at radius 2 is 1.84 bits per heavy atom. The SMILES string of the molecule is CCN(CC)S(=O)(=O)c1cccc(C(=O)N(C)C(C)c2cccs2)c1. The minimum atomic E-state index is -3.58. The zero-order valence-corrected chi connectivity index (χ0v) is 16.6. The Bertz CT molecular complexity index is 813. The molecular weight excluding hydrogens is 356 g/mol. The predicted molar refractivity (Wildman–Crippen MR) is 101 cm³/mol. The molecule has 0 aliphatic carbocycles. The van der Waals surface area contributed by atoms with Gasteiger partial charge < -0.3 is 4.90 Å². The topological polar surface area (TPSA) is 57.7 Å². The highest BCUT2D eigenvalue weighted by atomic mass is 32.2. The third kappa shape index (κ3) is 4.11. The minimum Gasteiger partial charge on any atom is -0.334 e. The normalized spacial score (nSPS) is 13.0. The Balaban J connectivity index is 2.30. The molecule has 2 aromatic rings. The smallest absolute Gasteiger partial charge is 0.254 e. The molecular formula is C18H24N2O3S2. The van der Waals surface area contributed by atoms with Gasteiger partial charge in [0, 0.05) is 30.6 Å². The van der Waals surface area contributed by atoms with Crippen molar-refractivity contribution in [1.29, 1.82) is 0 Å². The lowest BCUT2D eigenvalue weighted by atomic mass is 10.1. The molecule has 0 radical (unpaired) electrons. The Morgan fingerprint density at radius 3 is 2.40 bits per heavy atom. The number of sulfonamides is 1. The van der Waals surface area contributed by atoms with Crippen LogP contribution >= 0.6 is 11.3 Å². The molecule has 0 aliphatic heterocycles. The van der Waals surface area contributed by atoms with Gasteiger partial charge in [-0.2, -0.15) is 4.31 Å². The van der Waals surface area contributed by atoms with Crippen LogP contribution in [0.5, 0.6) is 0 Å². The third-order valence-corrected chi connectivity index (χ3v) is 7.37. The highest BCUT2D eigenvalue weighted by molar-refractivity contribution is 7.89. The summed E-state index contributed by atoms with van der Waals surface area (Å²) in [5.41, 5.74) is 0.374. The molecule has 1 heterocycles. The van der Waals surface area contributed by atoms with E-state index in [-0.39, 0.29) is 16.8 Å². The lowest BCUT2D eigenvalue weighted by molar-refractivity contribution is 0.0744. The summed E-state index contributed by atoms with van der Waals surface area (Å²) >= 11 is 1.59. The molecule has 0 spiro atoms. The second-order valence-corrected chi connectivity index (χ2v) is 8.64. The van der Waals surface area contributed by atoms with Gasteiger partial charge in [-0.3, -0.25) is 4.79 Å². The number of amides is 1. The van der Waals surface area contributed by atoms with E-state index in [9.17, 15) is 13.2 Å². The predicted octanol–water partition coefficient (Wildman–Crippen LogP) is 3.61. The first-order valence-electron chi connectivity index (χ1n) is 8.23. The zero-order chi connectivity index (χ0) is 18.6. The summed E-state index contributed by atoms with van der Waals surface area (Å²) in [7, 11) is -1.85. The van der Waals surface area contributed by atoms with Gasteiger partial charge >= 0.3 is 0 Å². The van der Waals surface area contributed by atoms with Gasteiger partial charge in [0.1, 0.15) is 0 Å². The molecule has 0 saturated heterocycles. The fourth-order valence-corrected chi connectivity index (χ4v) is 4.93. The van der Waals surface area contributed by atoms with Gasteiger partial charge in [0.15, 0.2) is 0 Å². The summed E-state index contributed by atoms with van der Waals surface area (Å²) in [5, 5.41) is 1.97. The molecule has 0 bridgehead atoms. The van der Waals surface area contributed by atoms with E-state index < -0.39 is 10.0 Å². The van der Waals surface area contributed by atoms with Gasteiger partial charge in [-0.05, 0) is 36.6 Å². The Kier molecular flexibility index (Phi) is 6.37. The molecule has 1 aromatic heterocycles. The van der Waals surface area contributed by atoms with Crippen LogP contribution in [-0.2, 0) is 10.0 Å². The number of rotatable bonds is 7. The minimum absolute atomic E-state index is 0.0736. The molecule has 0 fully saturated rings. The van der Waals surface area contributed by atoms with Crippen LogP contribution in [0.15, 0.2) is 46.7 Å². The summed E-state index contributed by atoms with van der Waals surface area (Å²) < 4.78 is 26.7. The van der Waals surface area contributed by atoms with E-state index in [0.717, 1.165) is 4.88 Å². The van der Waals surface area contributed by atoms with Crippen LogP contribution in [0.25, 0.3) is 0 Å². The number of carbonyl (C=O) groups excluding carboxylic acids is 1. The van der Waals surface area contributed by atoms with Gasteiger partial charge in [-0.15, -0.1) is 11.3 Å². The standard InChI is InChI=1S/C18H24N2O3S2/c1-5-20(6-2)25(22,23)16-10-7-9-15(13-16)18(21)19(4)14(3)17-11-8-12-24-17/h7-14H,5-6H2,1-4H3. The third-order valence-electron chi connectivity index (χ3n) is 4.28. The lowest BCUT2D eigenvalue weighted by Gasteiger charge is -2.24. The first-order valence-corrected chi connectivity index (χ1v) is 10.6. The lowest BCUT2D eigenvalue weighted by Crippen LogP contribution is -2.31. The second-order valence-electron chi connectivity index (χ2n) is 5.72. The fraction of sp³-hybridized carbons (Fsp3) is 0.389. The molecule has 2 rings (SSSR count). The maximum Gasteiger partial charge on any atom is 0.254 e. The average Bonchev–Trinajstić information content (AvgIpc) is 3.15. The molecule has 1 unspecified atom stereocenters. The first-order chi connectivity index (χ1) is 11.8. The van der Waals surface area contributed by atoms with Crippen LogP contribution in [0.4, 0.5) is 0 Å². The van der Waals surface area contributed by atoms with E-state index in [1.54, 1.807) is 49.3 Å². The van der Waals surface area contributed by atoms with E-state index in [1.165, 1.54) is 16.4 Å². The number of hydrogen-bond acceptors (Lipinski definition) is 4. The summed E-state index contributed by atoms with van der Waals surface area (Å²) in [6, 6.07) is 10.1. The summed E-state index contributed by atoms with van der Waals surface area (Å²) in [4.78, 5) is 15.7. The number of hydrogen-bond donors (Lipinski definition) is 0. The van der Waals surface area contributed by atoms with Crippen molar-refractivity contribution in [3.8, 4) is 0 Å². The van der Waals surface area contributed by atoms with Crippen molar-refractivity contribution in [3.05, 3.63) is 52.2 Å². The molecule has 5 nitrogen and oxygen atoms in total. The monoisotopic (exact) mass is 380 g/mol. The van der Waals surface area contributed by atoms with Crippen LogP contribution in [0.2, 0.25) is 0 Å². The largest absolute Gasteiger partial charge is 0.334 e. The highest BCUT2D eigenvalue weighted by Gasteiger charge is 2.24. The number of benzene rings is 1. The fourth-order valence-electron chi connectivity index (χ4n) is 2.60. The van der Waals surface area contributed by atoms with Crippen molar-refractivity contribution in [2.75, 3.05) is 20.1 Å². The van der Waals surface area contributed by atoms with Crippen molar-refractivity contribution in [2.24, 2.45) is 0 Å². The van der Waals surface area contributed by atoms with Crippen molar-refractivity contribution >= 4 is 27.3 Å². The molecule has 0 aliphatic rings. The van der Waals surface area contributed by atoms with Crippen molar-refractivity contribution in [3.63, 3.8) is 0 Å². The molecule has 1 aromatic carbocycles. The maximum absolute atomic E-state index is 12.8. The molecule has 0 N–H and O–H groups in total. The zero-order valence-electron chi connectivity index (χ0n) is 15.0. The van der Waals surface area contributed by atoms with E-state index in [0.29, 0.717) is 18.7 Å². The number of carbonyl (C=O) groups is 1. The van der Waals surface area contributed by atoms with Gasteiger partial charge in [0.25, 0.3) is 5.91 Å². The first kappa shape index (κ1) is 19.6. The molecule has 1 atom stereocenters. The second kappa shape index (κ2) is 8.12. The van der Waals surface area contributed by atoms with Crippen LogP contribution < -0.4 is 0 Å². The van der Waals surface area contributed by atoms with Crippen LogP contribution in [0, 0.1) is 0 Å². The highest BCUT2D eigenvalue weighted by Crippen LogP contribution is 2.25. The average molecular weight is 381 g/mol. The molecule has 1 amide bonds. The summed E-state index contributed by atoms with van der Waals surface area (Å²) in [5.74, 6) is -0.197. The summed E-state index contributed by atoms with van der Waals surface area (Å²) in [6.45, 7) is 6.35. The van der Waals surface area contributed by atoms with Gasteiger partial charge in [0.2, 0.25) is 10.0 Å². The number of thiophene rings is 1. The molecule has 7 heteroatoms. The van der Waals surface area contributed by atoms with Crippen LogP contribution in [0.1, 0.15) is 42.0 Å². The van der Waals surface area contributed by atoms with Crippen molar-refractivity contribution in [2.45, 2.75) is 31.7 Å². The van der Waals surface area contributed by atoms with Gasteiger partial charge in [-0.25, -0.2) is 8.42 Å².